The number of ketones is 5. The standard InChI is InChI=1S/C62H98N2O6S4.C28H45NO2S2.C6H8O2.Na.H/c1-5-9-13-17-21-23-27-31-35-47(33-29-25-19-15-11-7-3)45-63-59(67)61(69,57-43-55-53(73-57)37-39-71-55)49-41-52(66)50(42-51(49)65)62(70,58-44-56-54(74-58)38-40-72-56)60(68)64-46-48(34-30-26-20-16-12-8-4)36-32-28-24-22-18-14-10-6-2;1-3-5-7-9-11-12-14-16-18-23(17-15-13-10-8-6-4-2)22-29-28(31)27(30)26-21-25-24(33-26)19-20-32-25;7-5-1-2-6(8)4-3-5;;/h37-40,43-44,47-50,69-70H,5-36,41-42,45-46H2,1-4H3,(H,63,67)(H,64,68);19-21,23H,3-18,22H2,1-2H3,(H,29,31);1-4H2;;/q;;;+1;-1. The summed E-state index contributed by atoms with van der Waals surface area (Å²) in [6, 6.07) is 11.4. The van der Waals surface area contributed by atoms with Crippen molar-refractivity contribution in [2.24, 2.45) is 29.6 Å². The number of fused-ring (bicyclic) bond motifs is 3. The second-order valence-electron chi connectivity index (χ2n) is 33.9. The van der Waals surface area contributed by atoms with Gasteiger partial charge in [-0.05, 0) is 109 Å². The van der Waals surface area contributed by atoms with Crippen LogP contribution in [0.2, 0.25) is 0 Å². The first kappa shape index (κ1) is 103. The molecule has 3 amide bonds. The molecule has 0 spiro atoms. The zero-order valence-corrected chi connectivity index (χ0v) is 79.9. The second kappa shape index (κ2) is 61.0. The minimum absolute atomic E-state index is 0. The summed E-state index contributed by atoms with van der Waals surface area (Å²) in [6.07, 6.45) is 59.6. The maximum atomic E-state index is 14.9. The van der Waals surface area contributed by atoms with E-state index in [-0.39, 0.29) is 60.2 Å². The Morgan fingerprint density at radius 3 is 0.879 bits per heavy atom. The number of Topliss-reactive ketones (excluding diaryl/α,β-unsaturated/α-hetero) is 5. The first-order chi connectivity index (χ1) is 55.9. The molecular weight excluding hydrogens is 1570 g/mol. The van der Waals surface area contributed by atoms with E-state index in [9.17, 15) is 48.6 Å². The van der Waals surface area contributed by atoms with Crippen molar-refractivity contribution >= 4 is 143 Å². The maximum Gasteiger partial charge on any atom is 1.00 e. The molecule has 2 saturated carbocycles. The van der Waals surface area contributed by atoms with Crippen LogP contribution in [0, 0.1) is 29.6 Å². The number of carbonyl (C=O) groups excluding carboxylic acids is 8. The maximum absolute atomic E-state index is 14.9. The number of unbranched alkanes of at least 4 members (excludes halogenated alkanes) is 36. The van der Waals surface area contributed by atoms with Crippen LogP contribution in [-0.2, 0) is 44.8 Å². The fraction of sp³-hybridized carbons (Fsp3) is 0.729. The Morgan fingerprint density at radius 2 is 0.612 bits per heavy atom. The van der Waals surface area contributed by atoms with Crippen LogP contribution < -0.4 is 45.5 Å². The number of thiophene rings is 6. The van der Waals surface area contributed by atoms with Gasteiger partial charge in [0.15, 0.2) is 11.2 Å². The summed E-state index contributed by atoms with van der Waals surface area (Å²) >= 11 is 8.63. The minimum atomic E-state index is -2.31. The summed E-state index contributed by atoms with van der Waals surface area (Å²) in [7, 11) is 0. The molecule has 7 atom stereocenters. The van der Waals surface area contributed by atoms with Gasteiger partial charge >= 0.3 is 29.6 Å². The molecule has 6 aromatic rings. The molecule has 5 N–H and O–H groups in total. The SMILES string of the molecule is CCCCCCCCCCC(CCCCCCCC)CNC(=O)C(=O)c1cc2sccc2s1.CCCCCCCCCCC(CCCCCCCC)CNC(=O)C(O)(c1cc2sccc2s1)C1CC(=O)C(C(O)(C(=O)NCC(CCCCCCCC)CCCCCCCCCC)c2cc3sccc3s2)CC1=O.O=C1CCC(=O)CC1.[H-].[Na+]. The zero-order valence-electron chi connectivity index (χ0n) is 74.0. The normalized spacial score (nSPS) is 16.3. The second-order valence-corrected chi connectivity index (χ2v) is 39.9. The molecular formula is C96H152N3NaO10S6. The number of rotatable bonds is 62. The third-order valence-electron chi connectivity index (χ3n) is 24.2. The van der Waals surface area contributed by atoms with E-state index in [1.54, 1.807) is 23.5 Å². The van der Waals surface area contributed by atoms with E-state index in [2.05, 4.69) is 57.5 Å². The van der Waals surface area contributed by atoms with E-state index in [4.69, 9.17) is 0 Å². The molecule has 0 bridgehead atoms. The van der Waals surface area contributed by atoms with Crippen molar-refractivity contribution in [3.8, 4) is 0 Å². The van der Waals surface area contributed by atoms with Gasteiger partial charge in [-0.2, -0.15) is 0 Å². The fourth-order valence-electron chi connectivity index (χ4n) is 16.7. The summed E-state index contributed by atoms with van der Waals surface area (Å²) in [5.41, 5.74) is -4.62. The molecule has 0 radical (unpaired) electrons. The summed E-state index contributed by atoms with van der Waals surface area (Å²) in [5.74, 6) is -4.44. The number of amides is 3. The number of aliphatic hydroxyl groups is 2. The third-order valence-corrected chi connectivity index (χ3v) is 30.7. The van der Waals surface area contributed by atoms with E-state index < -0.39 is 65.2 Å². The van der Waals surface area contributed by atoms with E-state index in [1.165, 1.54) is 275 Å². The minimum Gasteiger partial charge on any atom is -1.00 e. The topological polar surface area (TPSA) is 213 Å². The van der Waals surface area contributed by atoms with Crippen molar-refractivity contribution in [2.45, 2.75) is 399 Å². The fourth-order valence-corrected chi connectivity index (χ4v) is 23.3. The van der Waals surface area contributed by atoms with Crippen molar-refractivity contribution in [3.05, 3.63) is 67.2 Å². The smallest absolute Gasteiger partial charge is 1.00 e. The van der Waals surface area contributed by atoms with Gasteiger partial charge in [0.05, 0.1) is 16.7 Å². The van der Waals surface area contributed by atoms with Gasteiger partial charge in [-0.1, -0.05) is 311 Å². The first-order valence-corrected chi connectivity index (χ1v) is 51.4. The van der Waals surface area contributed by atoms with Crippen LogP contribution >= 0.6 is 68.0 Å². The van der Waals surface area contributed by atoms with Gasteiger partial charge in [0.1, 0.15) is 23.1 Å². The van der Waals surface area contributed by atoms with E-state index >= 15 is 0 Å². The average molecular weight is 1720 g/mol. The molecule has 116 heavy (non-hydrogen) atoms. The summed E-state index contributed by atoms with van der Waals surface area (Å²) in [6.45, 7) is 14.9. The van der Waals surface area contributed by atoms with Crippen LogP contribution in [0.25, 0.3) is 28.2 Å². The quantitative estimate of drug-likeness (QED) is 0.0105. The van der Waals surface area contributed by atoms with E-state index in [0.717, 1.165) is 118 Å². The Kier molecular flexibility index (Phi) is 54.3. The van der Waals surface area contributed by atoms with Crippen LogP contribution in [0.3, 0.4) is 0 Å². The predicted molar refractivity (Wildman–Crippen MR) is 492 cm³/mol. The molecule has 2 fully saturated rings. The van der Waals surface area contributed by atoms with E-state index in [0.29, 0.717) is 65.9 Å². The number of carbonyl (C=O) groups is 8. The molecule has 7 unspecified atom stereocenters. The summed E-state index contributed by atoms with van der Waals surface area (Å²) in [4.78, 5) is 107. The molecule has 13 nitrogen and oxygen atoms in total. The molecule has 0 aliphatic heterocycles. The third kappa shape index (κ3) is 37.0. The van der Waals surface area contributed by atoms with Gasteiger partial charge in [-0.15, -0.1) is 68.0 Å². The van der Waals surface area contributed by atoms with E-state index in [1.807, 2.05) is 40.4 Å². The van der Waals surface area contributed by atoms with Crippen molar-refractivity contribution in [3.63, 3.8) is 0 Å². The Morgan fingerprint density at radius 1 is 0.362 bits per heavy atom. The molecule has 2 aliphatic rings. The van der Waals surface area contributed by atoms with Crippen molar-refractivity contribution in [1.82, 2.24) is 16.0 Å². The van der Waals surface area contributed by atoms with Gasteiger partial charge in [-0.25, -0.2) is 0 Å². The Balaban J connectivity index is 0.000000550. The molecule has 2 aliphatic carbocycles. The van der Waals surface area contributed by atoms with Crippen molar-refractivity contribution < 1.29 is 79.6 Å². The molecule has 20 heteroatoms. The Labute approximate surface area is 747 Å². The van der Waals surface area contributed by atoms with Crippen LogP contribution in [0.5, 0.6) is 0 Å². The first-order valence-electron chi connectivity index (χ1n) is 46.3. The summed E-state index contributed by atoms with van der Waals surface area (Å²) in [5, 5.41) is 41.3. The van der Waals surface area contributed by atoms with Gasteiger partial charge in [0, 0.05) is 96.1 Å². The molecule has 6 aromatic heterocycles. The Hall–Kier alpha value is -3.34. The van der Waals surface area contributed by atoms with Crippen LogP contribution in [0.4, 0.5) is 0 Å². The Bertz CT molecular complexity index is 3440. The van der Waals surface area contributed by atoms with Crippen molar-refractivity contribution in [2.75, 3.05) is 19.6 Å². The molecule has 6 heterocycles. The van der Waals surface area contributed by atoms with Crippen LogP contribution in [-0.4, -0.2) is 76.5 Å². The number of hydrogen-bond acceptors (Lipinski definition) is 16. The van der Waals surface area contributed by atoms with Gasteiger partial charge in [-0.3, -0.25) is 38.4 Å². The molecule has 0 aromatic carbocycles. The van der Waals surface area contributed by atoms with Gasteiger partial charge < -0.3 is 27.6 Å². The monoisotopic (exact) mass is 1720 g/mol. The number of nitrogens with one attached hydrogen (secondary N) is 3. The predicted octanol–water partition coefficient (Wildman–Crippen LogP) is 24.5. The largest absolute Gasteiger partial charge is 1.00 e. The van der Waals surface area contributed by atoms with Crippen molar-refractivity contribution in [1.29, 1.82) is 0 Å². The zero-order chi connectivity index (χ0) is 82.7. The molecule has 648 valence electrons. The molecule has 0 saturated heterocycles. The summed E-state index contributed by atoms with van der Waals surface area (Å²) < 4.78 is 5.79. The van der Waals surface area contributed by atoms with Crippen LogP contribution in [0.1, 0.15) is 409 Å². The van der Waals surface area contributed by atoms with Crippen LogP contribution in [0.15, 0.2) is 52.5 Å². The van der Waals surface area contributed by atoms with Gasteiger partial charge in [0.25, 0.3) is 23.5 Å². The number of hydrogen-bond donors (Lipinski definition) is 5. The molecule has 8 rings (SSSR count). The average Bonchev–Trinajstić information content (AvgIpc) is 1.70. The van der Waals surface area contributed by atoms with Gasteiger partial charge in [0.2, 0.25) is 0 Å².